The zero-order valence-corrected chi connectivity index (χ0v) is 64.1. The number of aliphatic hydroxyl groups excluding tert-OH is 1. The van der Waals surface area contributed by atoms with Crippen LogP contribution >= 0.6 is 0 Å². The molecule has 10 aliphatic rings. The second-order valence-electron chi connectivity index (χ2n) is 36.0. The van der Waals surface area contributed by atoms with E-state index in [9.17, 15) is 29.4 Å². The summed E-state index contributed by atoms with van der Waals surface area (Å²) in [6.07, 6.45) is 10.1. The predicted molar refractivity (Wildman–Crippen MR) is 364 cm³/mol. The second kappa shape index (κ2) is 27.5. The number of aliphatic carboxylic acids is 1. The largest absolute Gasteiger partial charge is 0.481 e. The van der Waals surface area contributed by atoms with Crippen LogP contribution in [0.4, 0.5) is 0 Å². The first-order valence-corrected chi connectivity index (χ1v) is 48.3. The number of hydrogen-bond donors (Lipinski definition) is 2. The summed E-state index contributed by atoms with van der Waals surface area (Å²) in [5, 5.41) is 21.5. The highest BCUT2D eigenvalue weighted by Gasteiger charge is 2.72. The molecule has 8 bridgehead atoms. The third-order valence-electron chi connectivity index (χ3n) is 27.8. The molecule has 2 N–H and O–H groups in total. The summed E-state index contributed by atoms with van der Waals surface area (Å²) in [5.74, 6) is -9.06. The Kier molecular flexibility index (Phi) is 21.6. The molecular weight excluding hydrogens is 1230 g/mol. The van der Waals surface area contributed by atoms with Gasteiger partial charge in [-0.05, 0) is 257 Å². The minimum Gasteiger partial charge on any atom is -0.481 e. The van der Waals surface area contributed by atoms with E-state index >= 15 is 14.4 Å². The molecule has 10 rings (SSSR count). The van der Waals surface area contributed by atoms with E-state index in [1.165, 1.54) is 22.7 Å². The molecule has 10 fully saturated rings. The molecule has 8 saturated carbocycles. The van der Waals surface area contributed by atoms with E-state index in [2.05, 4.69) is 40.0 Å². The van der Waals surface area contributed by atoms with Crippen molar-refractivity contribution in [3.05, 3.63) is 0 Å². The minimum atomic E-state index is -2.04. The van der Waals surface area contributed by atoms with Gasteiger partial charge in [-0.1, -0.05) is 72.5 Å². The predicted octanol–water partition coefficient (Wildman–Crippen LogP) is 12.5. The Labute approximate surface area is 558 Å². The zero-order chi connectivity index (χ0) is 67.2. The average Bonchev–Trinajstić information content (AvgIpc) is 1.53. The normalized spacial score (nSPS) is 42.2. The van der Waals surface area contributed by atoms with E-state index in [0.29, 0.717) is 82.1 Å². The van der Waals surface area contributed by atoms with E-state index in [0.717, 1.165) is 32.1 Å². The Bertz CT molecular complexity index is 2700. The van der Waals surface area contributed by atoms with Gasteiger partial charge in [0.15, 0.2) is 8.32 Å². The number of carboxylic acid groups (broad SMARTS) is 1. The van der Waals surface area contributed by atoms with Crippen molar-refractivity contribution in [2.45, 2.75) is 246 Å². The zero-order valence-electron chi connectivity index (χ0n) is 59.6. The Morgan fingerprint density at radius 3 is 1.80 bits per heavy atom. The quantitative estimate of drug-likeness (QED) is 0.0376. The lowest BCUT2D eigenvalue weighted by Crippen LogP contribution is -2.51. The van der Waals surface area contributed by atoms with Gasteiger partial charge in [0.2, 0.25) is 0 Å². The number of hydrogen-bond acceptors (Lipinski definition) is 14. The number of carbonyl (C=O) groups excluding carboxylic acids is 6. The number of carbonyl (C=O) groups is 7. The molecule has 0 spiro atoms. The fraction of sp³-hybridized carbons (Fsp3) is 0.904. The molecule has 0 amide bonds. The summed E-state index contributed by atoms with van der Waals surface area (Å²) in [5.41, 5.74) is 2.60. The van der Waals surface area contributed by atoms with Crippen LogP contribution in [-0.2, 0) is 61.7 Å². The number of cyclic esters (lactones) is 2. The van der Waals surface area contributed by atoms with Crippen molar-refractivity contribution in [2.24, 2.45) is 147 Å². The van der Waals surface area contributed by atoms with Gasteiger partial charge >= 0.3 is 41.8 Å². The van der Waals surface area contributed by atoms with Crippen LogP contribution < -0.4 is 0 Å². The maximum Gasteiger partial charge on any atom is 0.317 e. The standard InChI is InChI=1S/C73H122O15Si4/c1-18-39(4)64(77)87-71(10,11)23-24-72(12,13)88-66(79)53(54-40(5)42-21-22-43(54)25-42)31-50-48-27-44(26-46(48)32-84-92(17)37-90(15)35-89(14)36-91(16)38-92)56(50)61-62(69(82)85-68(61)81)58-49-28-45(29-51(49)65(78)86-70(7,8)9)57(58)55-41(6)47-30-52(55)60(59(47)63(75)76)67(80)83-34-73(19-2,20-3)33-74/h39-62,74,89-91H,18-38H2,1-17H3,(H,75,76). The molecule has 520 valence electrons. The van der Waals surface area contributed by atoms with E-state index in [1.807, 2.05) is 76.2 Å². The number of rotatable bonds is 25. The lowest BCUT2D eigenvalue weighted by molar-refractivity contribution is -0.172. The third kappa shape index (κ3) is 14.3. The van der Waals surface area contributed by atoms with Crippen molar-refractivity contribution in [2.75, 3.05) is 19.8 Å². The first-order valence-electron chi connectivity index (χ1n) is 37.2. The number of esters is 6. The third-order valence-corrected chi connectivity index (χ3v) is 54.0. The second-order valence-corrected chi connectivity index (χ2v) is 52.8. The van der Waals surface area contributed by atoms with E-state index in [1.54, 1.807) is 0 Å². The first kappa shape index (κ1) is 72.0. The van der Waals surface area contributed by atoms with E-state index in [-0.39, 0.29) is 114 Å². The fourth-order valence-electron chi connectivity index (χ4n) is 23.6. The highest BCUT2D eigenvalue weighted by Crippen LogP contribution is 2.72. The van der Waals surface area contributed by atoms with Crippen LogP contribution in [0.25, 0.3) is 0 Å². The van der Waals surface area contributed by atoms with Crippen molar-refractivity contribution in [1.29, 1.82) is 0 Å². The van der Waals surface area contributed by atoms with Crippen molar-refractivity contribution in [3.63, 3.8) is 0 Å². The van der Waals surface area contributed by atoms with Gasteiger partial charge in [-0.3, -0.25) is 33.6 Å². The lowest BCUT2D eigenvalue weighted by atomic mass is 9.54. The van der Waals surface area contributed by atoms with Crippen molar-refractivity contribution in [1.82, 2.24) is 0 Å². The number of aliphatic hydroxyl groups is 1. The summed E-state index contributed by atoms with van der Waals surface area (Å²) in [4.78, 5) is 103. The number of fused-ring (bicyclic) bond motifs is 8. The Morgan fingerprint density at radius 2 is 1.24 bits per heavy atom. The van der Waals surface area contributed by atoms with Crippen LogP contribution in [0.1, 0.15) is 180 Å². The summed E-state index contributed by atoms with van der Waals surface area (Å²) >= 11 is 0. The maximum atomic E-state index is 15.9. The summed E-state index contributed by atoms with van der Waals surface area (Å²) in [6.45, 7) is 36.5. The molecule has 92 heavy (non-hydrogen) atoms. The van der Waals surface area contributed by atoms with Gasteiger partial charge < -0.3 is 38.3 Å². The van der Waals surface area contributed by atoms with E-state index in [4.69, 9.17) is 28.1 Å². The van der Waals surface area contributed by atoms with Crippen LogP contribution in [0.3, 0.4) is 0 Å². The monoisotopic (exact) mass is 1350 g/mol. The molecule has 0 aromatic carbocycles. The summed E-state index contributed by atoms with van der Waals surface area (Å²) in [6, 6.07) is 0. The maximum absolute atomic E-state index is 15.9. The molecule has 0 aromatic rings. The molecule has 0 radical (unpaired) electrons. The first-order chi connectivity index (χ1) is 43.1. The van der Waals surface area contributed by atoms with Crippen LogP contribution in [0.5, 0.6) is 0 Å². The SMILES string of the molecule is CCC(C)C(=O)OC(C)(C)CCC(C)(C)OC(=O)C(CC1C2CC(CC2CO[Si]2(C)C[SiH](C)C[SiH](C)C[SiH](C)C2)C1C1C(=O)OC(=O)C1C1C2CC(CC2C(=O)OC(C)(C)C)C1C1C(C)C2CC1C(C(=O)OCC(CC)(CC)CO)C2C(=O)O)C1C2CCC(C2)C1C. The highest BCUT2D eigenvalue weighted by molar-refractivity contribution is 6.98. The van der Waals surface area contributed by atoms with Gasteiger partial charge in [0.25, 0.3) is 0 Å². The minimum absolute atomic E-state index is 0.0182. The molecule has 19 heteroatoms. The molecule has 15 nitrogen and oxygen atoms in total. The van der Waals surface area contributed by atoms with Crippen LogP contribution in [0.2, 0.25) is 48.9 Å². The van der Waals surface area contributed by atoms with Crippen molar-refractivity contribution < 1.29 is 71.9 Å². The van der Waals surface area contributed by atoms with Gasteiger partial charge in [0.05, 0.1) is 54.6 Å². The molecule has 26 atom stereocenters. The van der Waals surface area contributed by atoms with Gasteiger partial charge in [-0.15, -0.1) is 0 Å². The topological polar surface area (TPSA) is 215 Å². The summed E-state index contributed by atoms with van der Waals surface area (Å²) in [7, 11) is -4.58. The molecule has 2 aliphatic heterocycles. The number of ether oxygens (including phenoxy) is 5. The molecule has 0 aromatic heterocycles. The molecule has 26 unspecified atom stereocenters. The fourth-order valence-corrected chi connectivity index (χ4v) is 56.9. The molecule has 2 saturated heterocycles. The highest BCUT2D eigenvalue weighted by atomic mass is 28.4. The van der Waals surface area contributed by atoms with Crippen molar-refractivity contribution >= 4 is 76.5 Å². The van der Waals surface area contributed by atoms with Crippen molar-refractivity contribution in [3.8, 4) is 0 Å². The molecule has 2 heterocycles. The summed E-state index contributed by atoms with van der Waals surface area (Å²) < 4.78 is 39.1. The Balaban J connectivity index is 1.03. The van der Waals surface area contributed by atoms with Crippen LogP contribution in [-0.4, -0.2) is 123 Å². The lowest BCUT2D eigenvalue weighted by Gasteiger charge is -2.49. The Morgan fingerprint density at radius 1 is 0.652 bits per heavy atom. The van der Waals surface area contributed by atoms with Gasteiger partial charge in [-0.25, -0.2) is 0 Å². The smallest absolute Gasteiger partial charge is 0.317 e. The van der Waals surface area contributed by atoms with E-state index < -0.39 is 122 Å². The van der Waals surface area contributed by atoms with Gasteiger partial charge in [0.1, 0.15) is 16.8 Å². The molecular formula is C73H122O15Si4. The van der Waals surface area contributed by atoms with Crippen LogP contribution in [0, 0.1) is 147 Å². The molecule has 8 aliphatic carbocycles. The Hall–Kier alpha value is -2.72. The average molecular weight is 1350 g/mol. The van der Waals surface area contributed by atoms with Gasteiger partial charge in [-0.2, -0.15) is 0 Å². The van der Waals surface area contributed by atoms with Gasteiger partial charge in [0, 0.05) is 38.4 Å². The number of carboxylic acids is 1. The van der Waals surface area contributed by atoms with Crippen LogP contribution in [0.15, 0.2) is 0 Å².